The monoisotopic (exact) mass is 419 g/mol. The van der Waals surface area contributed by atoms with Crippen LogP contribution in [0.25, 0.3) is 0 Å². The van der Waals surface area contributed by atoms with Gasteiger partial charge >= 0.3 is 0 Å². The summed E-state index contributed by atoms with van der Waals surface area (Å²) in [5, 5.41) is 3.26. The average Bonchev–Trinajstić information content (AvgIpc) is 2.84. The molecule has 0 bridgehead atoms. The second kappa shape index (κ2) is 10.6. The minimum Gasteiger partial charge on any atom is -0.378 e. The predicted molar refractivity (Wildman–Crippen MR) is 92.7 cm³/mol. The molecule has 1 fully saturated rings. The summed E-state index contributed by atoms with van der Waals surface area (Å²) in [5.41, 5.74) is 0. The van der Waals surface area contributed by atoms with Crippen molar-refractivity contribution >= 4 is 39.8 Å². The van der Waals surface area contributed by atoms with Crippen LogP contribution in [0.5, 0.6) is 0 Å². The topological polar surface area (TPSA) is 71.0 Å². The highest BCUT2D eigenvalue weighted by atomic mass is 127. The fraction of sp³-hybridized carbons (Fsp3) is 0.917. The lowest BCUT2D eigenvalue weighted by Crippen LogP contribution is -2.39. The largest absolute Gasteiger partial charge is 0.378 e. The lowest BCUT2D eigenvalue weighted by molar-refractivity contribution is 0.157. The number of sulfone groups is 1. The van der Waals surface area contributed by atoms with E-state index in [0.717, 1.165) is 25.6 Å². The summed E-state index contributed by atoms with van der Waals surface area (Å²) in [7, 11) is -2.93. The number of rotatable bonds is 7. The van der Waals surface area contributed by atoms with Crippen LogP contribution >= 0.6 is 24.0 Å². The van der Waals surface area contributed by atoms with Crippen molar-refractivity contribution in [2.45, 2.75) is 19.8 Å². The lowest BCUT2D eigenvalue weighted by atomic mass is 10.4. The Kier molecular flexibility index (Phi) is 10.6. The summed E-state index contributed by atoms with van der Waals surface area (Å²) in [4.78, 5) is 6.74. The second-order valence-corrected chi connectivity index (χ2v) is 6.93. The molecule has 0 unspecified atom stereocenters. The van der Waals surface area contributed by atoms with Crippen LogP contribution in [0.2, 0.25) is 0 Å². The van der Waals surface area contributed by atoms with Gasteiger partial charge in [-0.1, -0.05) is 0 Å². The fourth-order valence-corrected chi connectivity index (χ4v) is 2.30. The van der Waals surface area contributed by atoms with Gasteiger partial charge in [-0.2, -0.15) is 0 Å². The Morgan fingerprint density at radius 1 is 1.30 bits per heavy atom. The van der Waals surface area contributed by atoms with Crippen LogP contribution in [0.1, 0.15) is 19.8 Å². The van der Waals surface area contributed by atoms with Gasteiger partial charge in [0.05, 0.1) is 25.5 Å². The molecule has 0 saturated carbocycles. The van der Waals surface area contributed by atoms with Crippen molar-refractivity contribution in [3.8, 4) is 0 Å². The molecule has 1 aliphatic rings. The molecule has 1 N–H and O–H groups in total. The van der Waals surface area contributed by atoms with Crippen LogP contribution in [0.4, 0.5) is 0 Å². The van der Waals surface area contributed by atoms with Crippen LogP contribution in [0.3, 0.4) is 0 Å². The Labute approximate surface area is 139 Å². The molecule has 0 aliphatic carbocycles. The van der Waals surface area contributed by atoms with Crippen molar-refractivity contribution in [1.82, 2.24) is 10.2 Å². The van der Waals surface area contributed by atoms with Crippen LogP contribution in [-0.2, 0) is 14.6 Å². The molecule has 0 aromatic heterocycles. The number of likely N-dealkylation sites (tertiary alicyclic amines) is 1. The van der Waals surface area contributed by atoms with E-state index in [9.17, 15) is 8.42 Å². The first-order valence-corrected chi connectivity index (χ1v) is 8.87. The van der Waals surface area contributed by atoms with Crippen molar-refractivity contribution in [2.75, 3.05) is 51.4 Å². The van der Waals surface area contributed by atoms with Gasteiger partial charge in [-0.3, -0.25) is 4.99 Å². The molecule has 8 heteroatoms. The number of hydrogen-bond donors (Lipinski definition) is 1. The Morgan fingerprint density at radius 2 is 1.95 bits per heavy atom. The standard InChI is InChI=1S/C12H25N3O3S.HI/c1-3-13-12(15-7-4-5-8-15)14-6-9-18-10-11-19(2,16)17;/h3-11H2,1-2H3,(H,13,14);1H. The molecular formula is C12H26IN3O3S. The maximum Gasteiger partial charge on any atom is 0.193 e. The third-order valence-corrected chi connectivity index (χ3v) is 3.74. The molecular weight excluding hydrogens is 393 g/mol. The average molecular weight is 419 g/mol. The minimum absolute atomic E-state index is 0. The highest BCUT2D eigenvalue weighted by Crippen LogP contribution is 2.07. The highest BCUT2D eigenvalue weighted by molar-refractivity contribution is 14.0. The fourth-order valence-electron chi connectivity index (χ4n) is 1.88. The van der Waals surface area contributed by atoms with E-state index in [1.807, 2.05) is 6.92 Å². The maximum absolute atomic E-state index is 10.9. The van der Waals surface area contributed by atoms with Gasteiger partial charge < -0.3 is 15.0 Å². The molecule has 20 heavy (non-hydrogen) atoms. The van der Waals surface area contributed by atoms with Crippen molar-refractivity contribution in [3.05, 3.63) is 0 Å². The summed E-state index contributed by atoms with van der Waals surface area (Å²) in [6.07, 6.45) is 3.65. The van der Waals surface area contributed by atoms with E-state index in [-0.39, 0.29) is 36.3 Å². The van der Waals surface area contributed by atoms with Crippen molar-refractivity contribution in [3.63, 3.8) is 0 Å². The number of guanidine groups is 1. The molecule has 0 radical (unpaired) electrons. The molecule has 1 heterocycles. The molecule has 0 aromatic rings. The predicted octanol–water partition coefficient (Wildman–Crippen LogP) is 0.727. The van der Waals surface area contributed by atoms with Crippen molar-refractivity contribution in [1.29, 1.82) is 0 Å². The molecule has 6 nitrogen and oxygen atoms in total. The Balaban J connectivity index is 0.00000361. The molecule has 1 saturated heterocycles. The van der Waals surface area contributed by atoms with Gasteiger partial charge in [-0.25, -0.2) is 8.42 Å². The molecule has 120 valence electrons. The zero-order valence-corrected chi connectivity index (χ0v) is 15.4. The van der Waals surface area contributed by atoms with Gasteiger partial charge in [0.2, 0.25) is 0 Å². The first-order valence-electron chi connectivity index (χ1n) is 6.81. The minimum atomic E-state index is -2.93. The number of nitrogens with zero attached hydrogens (tertiary/aromatic N) is 2. The zero-order chi connectivity index (χ0) is 14.1. The van der Waals surface area contributed by atoms with Crippen LogP contribution in [0.15, 0.2) is 4.99 Å². The molecule has 0 spiro atoms. The summed E-state index contributed by atoms with van der Waals surface area (Å²) < 4.78 is 27.1. The van der Waals surface area contributed by atoms with E-state index >= 15 is 0 Å². The second-order valence-electron chi connectivity index (χ2n) is 4.67. The quantitative estimate of drug-likeness (QED) is 0.285. The lowest BCUT2D eigenvalue weighted by Gasteiger charge is -2.20. The van der Waals surface area contributed by atoms with E-state index in [2.05, 4.69) is 15.2 Å². The molecule has 0 aromatic carbocycles. The highest BCUT2D eigenvalue weighted by Gasteiger charge is 2.14. The number of hydrogen-bond acceptors (Lipinski definition) is 4. The van der Waals surface area contributed by atoms with Crippen LogP contribution in [0, 0.1) is 0 Å². The van der Waals surface area contributed by atoms with E-state index in [0.29, 0.717) is 13.2 Å². The number of halogens is 1. The third kappa shape index (κ3) is 8.96. The molecule has 0 amide bonds. The van der Waals surface area contributed by atoms with Gasteiger partial charge in [-0.15, -0.1) is 24.0 Å². The van der Waals surface area contributed by atoms with E-state index in [4.69, 9.17) is 4.74 Å². The molecule has 0 atom stereocenters. The molecule has 1 rings (SSSR count). The van der Waals surface area contributed by atoms with E-state index in [1.54, 1.807) is 0 Å². The van der Waals surface area contributed by atoms with Gasteiger partial charge in [0.25, 0.3) is 0 Å². The maximum atomic E-state index is 10.9. The van der Waals surface area contributed by atoms with Crippen LogP contribution in [-0.4, -0.2) is 70.7 Å². The summed E-state index contributed by atoms with van der Waals surface area (Å²) in [6, 6.07) is 0. The Bertz CT molecular complexity index is 381. The summed E-state index contributed by atoms with van der Waals surface area (Å²) in [5.74, 6) is 1.01. The van der Waals surface area contributed by atoms with E-state index < -0.39 is 9.84 Å². The number of nitrogens with one attached hydrogen (secondary N) is 1. The summed E-state index contributed by atoms with van der Waals surface area (Å²) in [6.45, 7) is 6.27. The van der Waals surface area contributed by atoms with Crippen molar-refractivity contribution < 1.29 is 13.2 Å². The zero-order valence-electron chi connectivity index (χ0n) is 12.3. The van der Waals surface area contributed by atoms with Crippen molar-refractivity contribution in [2.24, 2.45) is 4.99 Å². The van der Waals surface area contributed by atoms with Gasteiger partial charge in [-0.05, 0) is 19.8 Å². The van der Waals surface area contributed by atoms with Gasteiger partial charge in [0, 0.05) is 25.9 Å². The SMILES string of the molecule is CCNC(=NCCOCCS(C)(=O)=O)N1CCCC1.I. The third-order valence-electron chi connectivity index (χ3n) is 2.84. The smallest absolute Gasteiger partial charge is 0.193 e. The van der Waals surface area contributed by atoms with Gasteiger partial charge in [0.15, 0.2) is 5.96 Å². The molecule has 1 aliphatic heterocycles. The number of aliphatic imine (C=N–C) groups is 1. The first-order chi connectivity index (χ1) is 9.03. The normalized spacial score (nSPS) is 16.1. The van der Waals surface area contributed by atoms with E-state index in [1.165, 1.54) is 19.1 Å². The first kappa shape index (κ1) is 19.9. The van der Waals surface area contributed by atoms with Crippen LogP contribution < -0.4 is 5.32 Å². The van der Waals surface area contributed by atoms with Gasteiger partial charge in [0.1, 0.15) is 9.84 Å². The number of ether oxygens (including phenoxy) is 1. The summed E-state index contributed by atoms with van der Waals surface area (Å²) >= 11 is 0. The Morgan fingerprint density at radius 3 is 2.50 bits per heavy atom. The Hall–Kier alpha value is -0.0900.